The monoisotopic (exact) mass is 634 g/mol. The number of hydrogen-bond donors (Lipinski definition) is 2. The highest BCUT2D eigenvalue weighted by Gasteiger charge is 2.32. The summed E-state index contributed by atoms with van der Waals surface area (Å²) in [7, 11) is 3.84. The van der Waals surface area contributed by atoms with Crippen LogP contribution in [-0.4, -0.2) is 101 Å². The predicted octanol–water partition coefficient (Wildman–Crippen LogP) is 4.00. The lowest BCUT2D eigenvalue weighted by Gasteiger charge is -2.37. The first-order chi connectivity index (χ1) is 22.9. The van der Waals surface area contributed by atoms with E-state index in [0.29, 0.717) is 35.0 Å². The highest BCUT2D eigenvalue weighted by molar-refractivity contribution is 5.95. The summed E-state index contributed by atoms with van der Waals surface area (Å²) in [5, 5.41) is 6.66. The SMILES string of the molecule is CN1CCN(C)C(c2ccc(Nc3nc(N4CCC[C@H](NC(=O)c5ccc(N6CCCCC6)cc5)C4)nc4nccnc34)cc2)C1=O. The standard InChI is InChI=1S/C35H42N10O2/c1-42-21-22-43(2)34(47)30(42)24-8-12-26(13-9-24)38-32-29-31(37-17-16-36-29)40-35(41-32)45-20-6-7-27(23-45)39-33(46)25-10-14-28(15-11-25)44-18-4-3-5-19-44/h8-17,27,30H,3-7,18-23H2,1-2H3,(H,39,46)(H,37,38,40,41)/t27-,30?/m0/s1. The molecule has 0 saturated carbocycles. The predicted molar refractivity (Wildman–Crippen MR) is 183 cm³/mol. The highest BCUT2D eigenvalue weighted by atomic mass is 16.2. The zero-order valence-electron chi connectivity index (χ0n) is 27.1. The smallest absolute Gasteiger partial charge is 0.251 e. The number of benzene rings is 2. The Kier molecular flexibility index (Phi) is 8.84. The van der Waals surface area contributed by atoms with Crippen LogP contribution in [0.3, 0.4) is 0 Å². The van der Waals surface area contributed by atoms with Gasteiger partial charge in [-0.05, 0) is 81.1 Å². The lowest BCUT2D eigenvalue weighted by atomic mass is 10.0. The molecule has 2 aromatic carbocycles. The van der Waals surface area contributed by atoms with Gasteiger partial charge in [-0.25, -0.2) is 9.97 Å². The van der Waals surface area contributed by atoms with Gasteiger partial charge in [-0.3, -0.25) is 14.5 Å². The Bertz CT molecular complexity index is 1730. The molecule has 0 bridgehead atoms. The van der Waals surface area contributed by atoms with E-state index in [9.17, 15) is 9.59 Å². The lowest BCUT2D eigenvalue weighted by Crippen LogP contribution is -2.48. The summed E-state index contributed by atoms with van der Waals surface area (Å²) in [5.74, 6) is 1.13. The summed E-state index contributed by atoms with van der Waals surface area (Å²) >= 11 is 0. The third-order valence-corrected chi connectivity index (χ3v) is 9.54. The number of piperidine rings is 2. The van der Waals surface area contributed by atoms with Gasteiger partial charge in [-0.2, -0.15) is 9.97 Å². The van der Waals surface area contributed by atoms with Gasteiger partial charge < -0.3 is 25.3 Å². The molecule has 3 fully saturated rings. The number of carbonyl (C=O) groups excluding carboxylic acids is 2. The number of nitrogens with zero attached hydrogens (tertiary/aromatic N) is 8. The zero-order valence-corrected chi connectivity index (χ0v) is 27.1. The van der Waals surface area contributed by atoms with E-state index in [1.54, 1.807) is 17.3 Å². The maximum Gasteiger partial charge on any atom is 0.251 e. The van der Waals surface area contributed by atoms with E-state index >= 15 is 0 Å². The third kappa shape index (κ3) is 6.69. The first-order valence-corrected chi connectivity index (χ1v) is 16.6. The van der Waals surface area contributed by atoms with E-state index in [0.717, 1.165) is 56.8 Å². The molecule has 5 heterocycles. The second-order valence-electron chi connectivity index (χ2n) is 12.8. The van der Waals surface area contributed by atoms with Crippen LogP contribution in [0.25, 0.3) is 11.2 Å². The number of carbonyl (C=O) groups is 2. The van der Waals surface area contributed by atoms with Gasteiger partial charge in [0.25, 0.3) is 5.91 Å². The van der Waals surface area contributed by atoms with Crippen molar-refractivity contribution in [1.29, 1.82) is 0 Å². The van der Waals surface area contributed by atoms with Gasteiger partial charge in [0.1, 0.15) is 6.04 Å². The fraction of sp³-hybridized carbons (Fsp3) is 0.429. The van der Waals surface area contributed by atoms with E-state index in [4.69, 9.17) is 9.97 Å². The van der Waals surface area contributed by atoms with Crippen LogP contribution in [0.1, 0.15) is 54.1 Å². The third-order valence-electron chi connectivity index (χ3n) is 9.54. The van der Waals surface area contributed by atoms with Gasteiger partial charge >= 0.3 is 0 Å². The average Bonchev–Trinajstić information content (AvgIpc) is 3.11. The van der Waals surface area contributed by atoms with Crippen molar-refractivity contribution in [3.63, 3.8) is 0 Å². The molecule has 0 spiro atoms. The summed E-state index contributed by atoms with van der Waals surface area (Å²) in [6.07, 6.45) is 8.77. The number of likely N-dealkylation sites (N-methyl/N-ethyl adjacent to an activating group) is 2. The van der Waals surface area contributed by atoms with Crippen LogP contribution in [0.15, 0.2) is 60.9 Å². The molecule has 2 N–H and O–H groups in total. The Morgan fingerprint density at radius 1 is 0.809 bits per heavy atom. The maximum absolute atomic E-state index is 13.2. The summed E-state index contributed by atoms with van der Waals surface area (Å²) in [4.78, 5) is 53.2. The summed E-state index contributed by atoms with van der Waals surface area (Å²) in [6, 6.07) is 15.5. The summed E-state index contributed by atoms with van der Waals surface area (Å²) in [6.45, 7) is 5.07. The molecule has 1 unspecified atom stereocenters. The van der Waals surface area contributed by atoms with Crippen molar-refractivity contribution in [2.45, 2.75) is 44.2 Å². The molecule has 3 aliphatic heterocycles. The molecule has 7 rings (SSSR count). The van der Waals surface area contributed by atoms with Gasteiger partial charge in [-0.15, -0.1) is 0 Å². The van der Waals surface area contributed by atoms with Crippen molar-refractivity contribution in [3.05, 3.63) is 72.1 Å². The first kappa shape index (κ1) is 30.8. The Labute approximate surface area is 275 Å². The topological polar surface area (TPSA) is 123 Å². The van der Waals surface area contributed by atoms with Gasteiger partial charge in [0, 0.05) is 81.7 Å². The fourth-order valence-electron chi connectivity index (χ4n) is 6.83. The van der Waals surface area contributed by atoms with Crippen molar-refractivity contribution in [1.82, 2.24) is 35.1 Å². The van der Waals surface area contributed by atoms with E-state index in [2.05, 4.69) is 47.4 Å². The van der Waals surface area contributed by atoms with E-state index in [1.165, 1.54) is 24.9 Å². The van der Waals surface area contributed by atoms with E-state index in [-0.39, 0.29) is 23.9 Å². The Morgan fingerprint density at radius 2 is 1.55 bits per heavy atom. The molecule has 3 aliphatic rings. The molecular weight excluding hydrogens is 592 g/mol. The molecule has 2 atom stereocenters. The van der Waals surface area contributed by atoms with Crippen molar-refractivity contribution in [3.8, 4) is 0 Å². The Balaban J connectivity index is 1.05. The number of amides is 2. The van der Waals surface area contributed by atoms with Crippen LogP contribution in [0.2, 0.25) is 0 Å². The molecule has 3 saturated heterocycles. The second kappa shape index (κ2) is 13.5. The van der Waals surface area contributed by atoms with Gasteiger partial charge in [0.15, 0.2) is 17.0 Å². The van der Waals surface area contributed by atoms with Gasteiger partial charge in [0.05, 0.1) is 0 Å². The number of nitrogens with one attached hydrogen (secondary N) is 2. The molecule has 2 aromatic heterocycles. The number of anilines is 4. The molecule has 12 nitrogen and oxygen atoms in total. The molecule has 47 heavy (non-hydrogen) atoms. The average molecular weight is 635 g/mol. The maximum atomic E-state index is 13.2. The number of rotatable bonds is 7. The Hall–Kier alpha value is -4.84. The molecule has 244 valence electrons. The molecular formula is C35H42N10O2. The second-order valence-corrected chi connectivity index (χ2v) is 12.8. The quantitative estimate of drug-likeness (QED) is 0.309. The number of fused-ring (bicyclic) bond motifs is 1. The molecule has 4 aromatic rings. The van der Waals surface area contributed by atoms with Gasteiger partial charge in [0.2, 0.25) is 11.9 Å². The summed E-state index contributed by atoms with van der Waals surface area (Å²) in [5.41, 5.74) is 4.68. The van der Waals surface area contributed by atoms with Crippen LogP contribution in [0, 0.1) is 0 Å². The fourth-order valence-corrected chi connectivity index (χ4v) is 6.83. The minimum Gasteiger partial charge on any atom is -0.372 e. The molecule has 0 radical (unpaired) electrons. The first-order valence-electron chi connectivity index (χ1n) is 16.6. The van der Waals surface area contributed by atoms with Crippen LogP contribution < -0.4 is 20.4 Å². The van der Waals surface area contributed by atoms with Gasteiger partial charge in [-0.1, -0.05) is 12.1 Å². The van der Waals surface area contributed by atoms with E-state index < -0.39 is 0 Å². The largest absolute Gasteiger partial charge is 0.372 e. The number of piperazine rings is 1. The number of aromatic nitrogens is 4. The molecule has 2 amide bonds. The van der Waals surface area contributed by atoms with E-state index in [1.807, 2.05) is 50.5 Å². The normalized spacial score (nSPS) is 20.8. The Morgan fingerprint density at radius 3 is 2.34 bits per heavy atom. The minimum atomic E-state index is -0.299. The number of hydrogen-bond acceptors (Lipinski definition) is 10. The van der Waals surface area contributed by atoms with Crippen molar-refractivity contribution in [2.75, 3.05) is 68.5 Å². The summed E-state index contributed by atoms with van der Waals surface area (Å²) < 4.78 is 0. The van der Waals surface area contributed by atoms with Crippen LogP contribution >= 0.6 is 0 Å². The van der Waals surface area contributed by atoms with Crippen molar-refractivity contribution in [2.24, 2.45) is 0 Å². The highest BCUT2D eigenvalue weighted by Crippen LogP contribution is 2.29. The van der Waals surface area contributed by atoms with Crippen molar-refractivity contribution < 1.29 is 9.59 Å². The minimum absolute atomic E-state index is 0.0391. The van der Waals surface area contributed by atoms with Crippen molar-refractivity contribution >= 4 is 46.1 Å². The zero-order chi connectivity index (χ0) is 32.3. The molecule has 0 aliphatic carbocycles. The van der Waals surface area contributed by atoms with Crippen LogP contribution in [0.4, 0.5) is 23.1 Å². The van der Waals surface area contributed by atoms with Crippen LogP contribution in [-0.2, 0) is 4.79 Å². The molecule has 12 heteroatoms. The van der Waals surface area contributed by atoms with Crippen LogP contribution in [0.5, 0.6) is 0 Å². The lowest BCUT2D eigenvalue weighted by molar-refractivity contribution is -0.139.